The van der Waals surface area contributed by atoms with Crippen LogP contribution in [0.3, 0.4) is 0 Å². The van der Waals surface area contributed by atoms with Crippen LogP contribution in [0.15, 0.2) is 34.2 Å². The van der Waals surface area contributed by atoms with Gasteiger partial charge in [-0.1, -0.05) is 13.0 Å². The molecule has 3 aliphatic rings. The third-order valence-electron chi connectivity index (χ3n) is 7.75. The highest BCUT2D eigenvalue weighted by molar-refractivity contribution is 6.25. The lowest BCUT2D eigenvalue weighted by Crippen LogP contribution is -2.71. The number of fused-ring (bicyclic) bond motifs is 3. The number of ether oxygens (including phenoxy) is 1. The van der Waals surface area contributed by atoms with E-state index in [0.717, 1.165) is 6.92 Å². The number of aliphatic hydroxyl groups excluding tert-OH is 2. The molecule has 39 heavy (non-hydrogen) atoms. The Morgan fingerprint density at radius 1 is 1.21 bits per heavy atom. The van der Waals surface area contributed by atoms with Crippen molar-refractivity contribution >= 4 is 34.9 Å². The molecule has 1 fully saturated rings. The van der Waals surface area contributed by atoms with Crippen LogP contribution in [0, 0.1) is 17.4 Å². The molecule has 3 aliphatic carbocycles. The number of nitrogens with zero attached hydrogens (tertiary/aromatic N) is 3. The lowest BCUT2D eigenvalue weighted by atomic mass is 9.54. The number of likely N-dealkylation sites (N-methyl/N-ethyl adjacent to an activating group) is 2. The summed E-state index contributed by atoms with van der Waals surface area (Å²) in [4.78, 5) is 56.9. The molecule has 14 heteroatoms. The number of phenols is 1. The van der Waals surface area contributed by atoms with Crippen molar-refractivity contribution in [3.63, 3.8) is 0 Å². The first kappa shape index (κ1) is 27.6. The minimum atomic E-state index is -2.98. The van der Waals surface area contributed by atoms with Gasteiger partial charge in [-0.2, -0.15) is 0 Å². The minimum absolute atomic E-state index is 0.182. The van der Waals surface area contributed by atoms with E-state index in [9.17, 15) is 39.6 Å². The largest absolute Gasteiger partial charge is 0.508 e. The number of nitrogens with one attached hydrogen (secondary N) is 2. The number of aliphatic hydroxyl groups is 3. The molecule has 1 aromatic rings. The second kappa shape index (κ2) is 9.42. The van der Waals surface area contributed by atoms with Crippen molar-refractivity contribution < 1.29 is 44.3 Å². The fourth-order valence-corrected chi connectivity index (χ4v) is 6.15. The number of esters is 1. The van der Waals surface area contributed by atoms with Gasteiger partial charge in [-0.25, -0.2) is 0 Å². The summed E-state index contributed by atoms with van der Waals surface area (Å²) >= 11 is 0. The first-order valence-electron chi connectivity index (χ1n) is 11.9. The predicted octanol–water partition coefficient (Wildman–Crippen LogP) is 0.509. The number of amides is 1. The zero-order chi connectivity index (χ0) is 29.1. The van der Waals surface area contributed by atoms with Crippen molar-refractivity contribution in [2.75, 3.05) is 21.1 Å². The maximum Gasteiger partial charge on any atom is 0.302 e. The minimum Gasteiger partial charge on any atom is -0.508 e. The van der Waals surface area contributed by atoms with E-state index in [2.05, 4.69) is 15.3 Å². The predicted molar refractivity (Wildman–Crippen MR) is 132 cm³/mol. The zero-order valence-corrected chi connectivity index (χ0v) is 21.7. The molecule has 0 radical (unpaired) electrons. The van der Waals surface area contributed by atoms with Crippen LogP contribution < -0.4 is 10.2 Å². The standard InChI is InChI=1S/C25H27N5O9/c1-8-10-6-7-11(28-29-26)18(32)13(10)19(33)14-12(8)21(39-9(2)31)16-17(30(4)5)20(34)15(24(37)27-3)23(36)25(16,38)22(14)35/h6-8,12,16-17,21,26,38H,1-5H3,(H3,27,33,34,35,36,37)/p+1/t8-,12+,16+,17-,21-,25-/m0/s1. The van der Waals surface area contributed by atoms with E-state index in [0.29, 0.717) is 5.56 Å². The van der Waals surface area contributed by atoms with Gasteiger partial charge in [-0.3, -0.25) is 24.1 Å². The highest BCUT2D eigenvalue weighted by Crippen LogP contribution is 2.57. The van der Waals surface area contributed by atoms with Gasteiger partial charge in [0.25, 0.3) is 5.91 Å². The van der Waals surface area contributed by atoms with Crippen molar-refractivity contribution in [2.45, 2.75) is 37.5 Å². The van der Waals surface area contributed by atoms with Crippen LogP contribution in [-0.2, 0) is 23.9 Å². The molecule has 1 saturated carbocycles. The van der Waals surface area contributed by atoms with Crippen molar-refractivity contribution in [1.29, 1.82) is 5.53 Å². The van der Waals surface area contributed by atoms with Crippen LogP contribution >= 0.6 is 0 Å². The number of carbonyl (C=O) groups is 4. The summed E-state index contributed by atoms with van der Waals surface area (Å²) in [6, 6.07) is 1.43. The van der Waals surface area contributed by atoms with Crippen LogP contribution in [0.25, 0.3) is 5.76 Å². The highest BCUT2D eigenvalue weighted by atomic mass is 16.5. The average molecular weight is 543 g/mol. The molecule has 0 spiro atoms. The summed E-state index contributed by atoms with van der Waals surface area (Å²) in [6.07, 6.45) is -1.45. The summed E-state index contributed by atoms with van der Waals surface area (Å²) in [7, 11) is 4.12. The maximum absolute atomic E-state index is 14.2. The lowest BCUT2D eigenvalue weighted by Gasteiger charge is -2.54. The van der Waals surface area contributed by atoms with E-state index in [-0.39, 0.29) is 11.3 Å². The number of hydrogen-bond donors (Lipinski definition) is 6. The van der Waals surface area contributed by atoms with Crippen molar-refractivity contribution in [3.8, 4) is 5.75 Å². The molecule has 4 rings (SSSR count). The molecular formula is C25H28N5O9+. The van der Waals surface area contributed by atoms with Gasteiger partial charge < -0.3 is 30.5 Å². The molecule has 206 valence electrons. The highest BCUT2D eigenvalue weighted by Gasteiger charge is 2.69. The number of benzene rings is 1. The summed E-state index contributed by atoms with van der Waals surface area (Å²) in [5, 5.41) is 51.1. The van der Waals surface area contributed by atoms with E-state index < -0.39 is 87.4 Å². The molecule has 0 bridgehead atoms. The van der Waals surface area contributed by atoms with Gasteiger partial charge in [0, 0.05) is 25.5 Å². The lowest BCUT2D eigenvalue weighted by molar-refractivity contribution is -0.184. The number of ketones is 2. The fourth-order valence-electron chi connectivity index (χ4n) is 6.15. The Kier molecular flexibility index (Phi) is 6.67. The quantitative estimate of drug-likeness (QED) is 0.134. The van der Waals surface area contributed by atoms with Gasteiger partial charge in [-0.05, 0) is 31.6 Å². The van der Waals surface area contributed by atoms with Gasteiger partial charge in [0.15, 0.2) is 27.9 Å². The van der Waals surface area contributed by atoms with Gasteiger partial charge in [0.2, 0.25) is 10.7 Å². The molecular weight excluding hydrogens is 514 g/mol. The monoisotopic (exact) mass is 542 g/mol. The Morgan fingerprint density at radius 2 is 1.85 bits per heavy atom. The zero-order valence-electron chi connectivity index (χ0n) is 21.7. The molecule has 6 N–H and O–H groups in total. The number of rotatable bonds is 4. The smallest absolute Gasteiger partial charge is 0.302 e. The van der Waals surface area contributed by atoms with Gasteiger partial charge in [-0.15, -0.1) is 0 Å². The average Bonchev–Trinajstić information content (AvgIpc) is 2.86. The van der Waals surface area contributed by atoms with Gasteiger partial charge in [0.05, 0.1) is 17.5 Å². The summed E-state index contributed by atoms with van der Waals surface area (Å²) in [5.74, 6) is -10.1. The first-order valence-corrected chi connectivity index (χ1v) is 11.9. The summed E-state index contributed by atoms with van der Waals surface area (Å²) in [5.41, 5.74) is 2.58. The Labute approximate surface area is 221 Å². The molecule has 0 aliphatic heterocycles. The van der Waals surface area contributed by atoms with Crippen LogP contribution in [0.5, 0.6) is 5.75 Å². The molecule has 0 heterocycles. The van der Waals surface area contributed by atoms with Crippen molar-refractivity contribution in [3.05, 3.63) is 40.2 Å². The number of phenolic OH excluding ortho intramolecular Hbond substituents is 1. The molecule has 6 atom stereocenters. The molecule has 0 aromatic heterocycles. The third kappa shape index (κ3) is 3.67. The summed E-state index contributed by atoms with van der Waals surface area (Å²) in [6.45, 7) is 2.72. The van der Waals surface area contributed by atoms with Crippen LogP contribution in [0.4, 0.5) is 5.69 Å². The molecule has 1 aromatic carbocycles. The van der Waals surface area contributed by atoms with Crippen LogP contribution in [0.1, 0.15) is 30.9 Å². The number of aromatic hydroxyl groups is 1. The molecule has 1 amide bonds. The van der Waals surface area contributed by atoms with E-state index in [1.54, 1.807) is 6.92 Å². The molecule has 14 nitrogen and oxygen atoms in total. The Hall–Kier alpha value is -4.39. The maximum atomic E-state index is 14.2. The Morgan fingerprint density at radius 3 is 2.38 bits per heavy atom. The number of carbonyl (C=O) groups excluding carboxylic acids is 4. The summed E-state index contributed by atoms with van der Waals surface area (Å²) < 4.78 is 5.64. The number of hydrogen-bond acceptors (Lipinski definition) is 12. The second-order valence-electron chi connectivity index (χ2n) is 9.95. The van der Waals surface area contributed by atoms with Crippen LogP contribution in [0.2, 0.25) is 0 Å². The molecule has 0 unspecified atom stereocenters. The van der Waals surface area contributed by atoms with Crippen molar-refractivity contribution in [2.24, 2.45) is 17.0 Å². The topological polar surface area (TPSA) is 224 Å². The van der Waals surface area contributed by atoms with E-state index >= 15 is 0 Å². The van der Waals surface area contributed by atoms with Crippen LogP contribution in [-0.4, -0.2) is 87.7 Å². The first-order chi connectivity index (χ1) is 18.2. The van der Waals surface area contributed by atoms with Gasteiger partial charge >= 0.3 is 5.97 Å². The normalized spacial score (nSPS) is 29.8. The SMILES string of the molecule is CNC(=O)C1=C(O)[C@@]2(O)C(=O)C3=C(O)c4c(ccc(N=[N+]=N)c4O)[C@H](C)[C@H]3[C@H](OC(C)=O)[C@H]2[C@H](N(C)C)C1=O. The number of Topliss-reactive ketones (excluding diaryl/α,β-unsaturated/α-hetero) is 2. The Bertz CT molecular complexity index is 1440. The van der Waals surface area contributed by atoms with Crippen molar-refractivity contribution in [1.82, 2.24) is 15.1 Å². The van der Waals surface area contributed by atoms with E-state index in [1.807, 2.05) is 0 Å². The van der Waals surface area contributed by atoms with E-state index in [4.69, 9.17) is 10.3 Å². The second-order valence-corrected chi connectivity index (χ2v) is 9.95. The third-order valence-corrected chi connectivity index (χ3v) is 7.75. The van der Waals surface area contributed by atoms with Gasteiger partial charge in [0.1, 0.15) is 28.7 Å². The van der Waals surface area contributed by atoms with E-state index in [1.165, 1.54) is 38.2 Å². The Balaban J connectivity index is 2.13. The fraction of sp³-hybridized carbons (Fsp3) is 0.440. The molecule has 0 saturated heterocycles.